The number of rotatable bonds is 3. The molecule has 7 heteroatoms. The molecule has 0 unspecified atom stereocenters. The fourth-order valence-electron chi connectivity index (χ4n) is 2.39. The highest BCUT2D eigenvalue weighted by atomic mass is 19.1. The Labute approximate surface area is 113 Å². The first-order valence-electron chi connectivity index (χ1n) is 5.96. The van der Waals surface area contributed by atoms with Crippen molar-refractivity contribution in [2.75, 3.05) is 7.05 Å². The standard InChI is InChI=1S/C13H13F2NO4/c1-16-12(19)20-8-5-13(6-8,11(17)18)9-4-7(14)2-3-10(9)15/h2-4,8H,5-6H2,1H3,(H,16,19)(H,17,18). The van der Waals surface area contributed by atoms with Crippen LogP contribution < -0.4 is 5.32 Å². The second-order valence-electron chi connectivity index (χ2n) is 4.70. The molecule has 0 aliphatic heterocycles. The van der Waals surface area contributed by atoms with Gasteiger partial charge in [0.2, 0.25) is 0 Å². The van der Waals surface area contributed by atoms with Crippen LogP contribution in [-0.4, -0.2) is 30.3 Å². The minimum Gasteiger partial charge on any atom is -0.481 e. The highest BCUT2D eigenvalue weighted by molar-refractivity contribution is 5.83. The van der Waals surface area contributed by atoms with E-state index >= 15 is 0 Å². The van der Waals surface area contributed by atoms with E-state index in [0.717, 1.165) is 18.2 Å². The molecule has 0 aromatic heterocycles. The topological polar surface area (TPSA) is 75.6 Å². The Morgan fingerprint density at radius 1 is 1.40 bits per heavy atom. The van der Waals surface area contributed by atoms with E-state index in [1.807, 2.05) is 0 Å². The molecule has 0 bridgehead atoms. The summed E-state index contributed by atoms with van der Waals surface area (Å²) in [7, 11) is 1.37. The molecule has 1 amide bonds. The molecule has 5 nitrogen and oxygen atoms in total. The van der Waals surface area contributed by atoms with Gasteiger partial charge in [0, 0.05) is 25.5 Å². The van der Waals surface area contributed by atoms with Crippen molar-refractivity contribution in [3.63, 3.8) is 0 Å². The van der Waals surface area contributed by atoms with E-state index < -0.39 is 35.2 Å². The van der Waals surface area contributed by atoms with E-state index in [0.29, 0.717) is 0 Å². The molecule has 1 aliphatic carbocycles. The number of hydrogen-bond donors (Lipinski definition) is 2. The minimum absolute atomic E-state index is 0.0872. The smallest absolute Gasteiger partial charge is 0.407 e. The molecule has 1 fully saturated rings. The molecule has 0 atom stereocenters. The monoisotopic (exact) mass is 285 g/mol. The average Bonchev–Trinajstić information content (AvgIpc) is 2.35. The van der Waals surface area contributed by atoms with Crippen LogP contribution in [0.15, 0.2) is 18.2 Å². The van der Waals surface area contributed by atoms with E-state index in [1.165, 1.54) is 7.05 Å². The molecule has 1 aromatic carbocycles. The molecule has 108 valence electrons. The van der Waals surface area contributed by atoms with E-state index in [4.69, 9.17) is 4.74 Å². The molecule has 1 saturated carbocycles. The molecule has 0 radical (unpaired) electrons. The fraction of sp³-hybridized carbons (Fsp3) is 0.385. The molecule has 20 heavy (non-hydrogen) atoms. The van der Waals surface area contributed by atoms with Crippen molar-refractivity contribution in [1.29, 1.82) is 0 Å². The zero-order valence-corrected chi connectivity index (χ0v) is 10.7. The normalized spacial score (nSPS) is 24.6. The number of alkyl carbamates (subject to hydrolysis) is 1. The number of carbonyl (C=O) groups excluding carboxylic acids is 1. The van der Waals surface area contributed by atoms with E-state index in [2.05, 4.69) is 5.32 Å². The Morgan fingerprint density at radius 2 is 2.05 bits per heavy atom. The molecular formula is C13H13F2NO4. The van der Waals surface area contributed by atoms with Crippen molar-refractivity contribution in [1.82, 2.24) is 5.32 Å². The van der Waals surface area contributed by atoms with Crippen molar-refractivity contribution in [3.8, 4) is 0 Å². The molecule has 0 heterocycles. The number of hydrogen-bond acceptors (Lipinski definition) is 3. The maximum atomic E-state index is 13.8. The van der Waals surface area contributed by atoms with E-state index in [-0.39, 0.29) is 18.4 Å². The van der Waals surface area contributed by atoms with Gasteiger partial charge in [-0.25, -0.2) is 13.6 Å². The SMILES string of the molecule is CNC(=O)OC1CC(C(=O)O)(c2cc(F)ccc2F)C1. The predicted octanol–water partition coefficient (Wildman–Crippen LogP) is 1.81. The van der Waals surface area contributed by atoms with Gasteiger partial charge in [-0.05, 0) is 18.2 Å². The number of carboxylic acid groups (broad SMARTS) is 1. The molecule has 0 saturated heterocycles. The molecule has 1 aliphatic rings. The summed E-state index contributed by atoms with van der Waals surface area (Å²) in [6.45, 7) is 0. The maximum absolute atomic E-state index is 13.8. The summed E-state index contributed by atoms with van der Waals surface area (Å²) >= 11 is 0. The highest BCUT2D eigenvalue weighted by Crippen LogP contribution is 2.46. The van der Waals surface area contributed by atoms with Gasteiger partial charge >= 0.3 is 12.1 Å². The van der Waals surface area contributed by atoms with Crippen molar-refractivity contribution < 1.29 is 28.2 Å². The largest absolute Gasteiger partial charge is 0.481 e. The van der Waals surface area contributed by atoms with Gasteiger partial charge in [-0.15, -0.1) is 0 Å². The lowest BCUT2D eigenvalue weighted by Gasteiger charge is -2.43. The van der Waals surface area contributed by atoms with Crippen LogP contribution in [-0.2, 0) is 14.9 Å². The second kappa shape index (κ2) is 5.07. The summed E-state index contributed by atoms with van der Waals surface area (Å²) in [6, 6.07) is 2.69. The Balaban J connectivity index is 2.24. The van der Waals surface area contributed by atoms with Gasteiger partial charge < -0.3 is 15.2 Å². The molecule has 2 rings (SSSR count). The summed E-state index contributed by atoms with van der Waals surface area (Å²) < 4.78 is 31.9. The average molecular weight is 285 g/mol. The van der Waals surface area contributed by atoms with E-state index in [1.54, 1.807) is 0 Å². The number of halogens is 2. The minimum atomic E-state index is -1.55. The van der Waals surface area contributed by atoms with Crippen LogP contribution in [0.1, 0.15) is 18.4 Å². The van der Waals surface area contributed by atoms with Gasteiger partial charge in [0.25, 0.3) is 0 Å². The Hall–Kier alpha value is -2.18. The molecule has 0 spiro atoms. The summed E-state index contributed by atoms with van der Waals surface area (Å²) in [5, 5.41) is 11.6. The van der Waals surface area contributed by atoms with Gasteiger partial charge in [-0.3, -0.25) is 4.79 Å². The van der Waals surface area contributed by atoms with Crippen molar-refractivity contribution >= 4 is 12.1 Å². The molecule has 1 aromatic rings. The van der Waals surface area contributed by atoms with Gasteiger partial charge in [-0.1, -0.05) is 0 Å². The van der Waals surface area contributed by atoms with Crippen LogP contribution in [0.25, 0.3) is 0 Å². The van der Waals surface area contributed by atoms with Crippen LogP contribution in [0, 0.1) is 11.6 Å². The zero-order chi connectivity index (χ0) is 14.9. The first-order chi connectivity index (χ1) is 9.39. The Kier molecular flexibility index (Phi) is 3.61. The predicted molar refractivity (Wildman–Crippen MR) is 64.2 cm³/mol. The summed E-state index contributed by atoms with van der Waals surface area (Å²) in [5.41, 5.74) is -1.77. The third-order valence-corrected chi connectivity index (χ3v) is 3.48. The lowest BCUT2D eigenvalue weighted by molar-refractivity contribution is -0.153. The van der Waals surface area contributed by atoms with Gasteiger partial charge in [0.15, 0.2) is 0 Å². The van der Waals surface area contributed by atoms with Gasteiger partial charge in [0.05, 0.1) is 0 Å². The van der Waals surface area contributed by atoms with Gasteiger partial charge in [-0.2, -0.15) is 0 Å². The third kappa shape index (κ3) is 2.31. The zero-order valence-electron chi connectivity index (χ0n) is 10.7. The van der Waals surface area contributed by atoms with Crippen molar-refractivity contribution in [2.45, 2.75) is 24.4 Å². The number of nitrogens with one attached hydrogen (secondary N) is 1. The van der Waals surface area contributed by atoms with Crippen LogP contribution in [0.2, 0.25) is 0 Å². The van der Waals surface area contributed by atoms with Crippen LogP contribution >= 0.6 is 0 Å². The Bertz CT molecular complexity index is 555. The van der Waals surface area contributed by atoms with E-state index in [9.17, 15) is 23.5 Å². The number of amides is 1. The molecule has 2 N–H and O–H groups in total. The van der Waals surface area contributed by atoms with Crippen LogP contribution in [0.3, 0.4) is 0 Å². The van der Waals surface area contributed by atoms with Gasteiger partial charge in [0.1, 0.15) is 23.2 Å². The first kappa shape index (κ1) is 14.2. The van der Waals surface area contributed by atoms with Crippen LogP contribution in [0.4, 0.5) is 13.6 Å². The number of carbonyl (C=O) groups is 2. The second-order valence-corrected chi connectivity index (χ2v) is 4.70. The van der Waals surface area contributed by atoms with Crippen molar-refractivity contribution in [3.05, 3.63) is 35.4 Å². The highest BCUT2D eigenvalue weighted by Gasteiger charge is 2.54. The summed E-state index contributed by atoms with van der Waals surface area (Å²) in [5.74, 6) is -2.76. The fourth-order valence-corrected chi connectivity index (χ4v) is 2.39. The lowest BCUT2D eigenvalue weighted by Crippen LogP contribution is -2.53. The molecular weight excluding hydrogens is 272 g/mol. The van der Waals surface area contributed by atoms with Crippen molar-refractivity contribution in [2.24, 2.45) is 0 Å². The maximum Gasteiger partial charge on any atom is 0.407 e. The van der Waals surface area contributed by atoms with Crippen LogP contribution in [0.5, 0.6) is 0 Å². The number of benzene rings is 1. The summed E-state index contributed by atoms with van der Waals surface area (Å²) in [6.07, 6.45) is -1.49. The quantitative estimate of drug-likeness (QED) is 0.888. The summed E-state index contributed by atoms with van der Waals surface area (Å²) in [4.78, 5) is 22.5. The number of aliphatic carboxylic acids is 1. The number of carboxylic acids is 1. The third-order valence-electron chi connectivity index (χ3n) is 3.48. The lowest BCUT2D eigenvalue weighted by atomic mass is 9.62. The Morgan fingerprint density at radius 3 is 2.60 bits per heavy atom. The number of ether oxygens (including phenoxy) is 1. The first-order valence-corrected chi connectivity index (χ1v) is 5.96.